The lowest BCUT2D eigenvalue weighted by molar-refractivity contribution is 0.102. The summed E-state index contributed by atoms with van der Waals surface area (Å²) >= 11 is 0. The number of aryl methyl sites for hydroxylation is 1. The van der Waals surface area contributed by atoms with Crippen LogP contribution in [-0.4, -0.2) is 28.3 Å². The van der Waals surface area contributed by atoms with Crippen molar-refractivity contribution < 1.29 is 9.59 Å². The Morgan fingerprint density at radius 2 is 2.14 bits per heavy atom. The SMILES string of the molecule is Cn1ncc(C(=O)Nc2ccc3c(c2)CCN3C(N)=O)c1N. The number of anilines is 3. The van der Waals surface area contributed by atoms with E-state index in [1.165, 1.54) is 15.8 Å². The predicted molar refractivity (Wildman–Crippen MR) is 82.6 cm³/mol. The summed E-state index contributed by atoms with van der Waals surface area (Å²) in [6.45, 7) is 0.553. The van der Waals surface area contributed by atoms with Gasteiger partial charge in [-0.05, 0) is 30.2 Å². The van der Waals surface area contributed by atoms with Crippen LogP contribution in [0.25, 0.3) is 0 Å². The average molecular weight is 300 g/mol. The van der Waals surface area contributed by atoms with Crippen LogP contribution in [0.2, 0.25) is 0 Å². The van der Waals surface area contributed by atoms with Gasteiger partial charge in [0.2, 0.25) is 0 Å². The van der Waals surface area contributed by atoms with Crippen LogP contribution in [0.1, 0.15) is 15.9 Å². The monoisotopic (exact) mass is 300 g/mol. The molecule has 0 atom stereocenters. The highest BCUT2D eigenvalue weighted by Gasteiger charge is 2.23. The summed E-state index contributed by atoms with van der Waals surface area (Å²) in [6, 6.07) is 4.86. The number of carbonyl (C=O) groups is 2. The lowest BCUT2D eigenvalue weighted by Crippen LogP contribution is -2.33. The first-order chi connectivity index (χ1) is 10.5. The molecule has 0 fully saturated rings. The van der Waals surface area contributed by atoms with Gasteiger partial charge >= 0.3 is 6.03 Å². The van der Waals surface area contributed by atoms with Crippen LogP contribution in [-0.2, 0) is 13.5 Å². The summed E-state index contributed by atoms with van der Waals surface area (Å²) in [7, 11) is 1.67. The van der Waals surface area contributed by atoms with E-state index in [1.54, 1.807) is 19.2 Å². The maximum absolute atomic E-state index is 12.2. The Morgan fingerprint density at radius 3 is 2.77 bits per heavy atom. The minimum Gasteiger partial charge on any atom is -0.383 e. The Labute approximate surface area is 126 Å². The Balaban J connectivity index is 1.81. The Hall–Kier alpha value is -3.03. The number of nitrogen functional groups attached to an aromatic ring is 1. The zero-order chi connectivity index (χ0) is 15.9. The first-order valence-electron chi connectivity index (χ1n) is 6.76. The Bertz CT molecular complexity index is 767. The van der Waals surface area contributed by atoms with Crippen molar-refractivity contribution in [3.63, 3.8) is 0 Å². The number of fused-ring (bicyclic) bond motifs is 1. The highest BCUT2D eigenvalue weighted by atomic mass is 16.2. The van der Waals surface area contributed by atoms with E-state index in [-0.39, 0.29) is 5.91 Å². The van der Waals surface area contributed by atoms with Gasteiger partial charge in [0, 0.05) is 25.0 Å². The lowest BCUT2D eigenvalue weighted by atomic mass is 10.1. The molecule has 0 aliphatic carbocycles. The molecule has 0 unspecified atom stereocenters. The number of nitrogens with two attached hydrogens (primary N) is 2. The summed E-state index contributed by atoms with van der Waals surface area (Å²) in [5.74, 6) is -0.0196. The molecular formula is C14H16N6O2. The van der Waals surface area contributed by atoms with Gasteiger partial charge in [-0.2, -0.15) is 5.10 Å². The highest BCUT2D eigenvalue weighted by Crippen LogP contribution is 2.30. The standard InChI is InChI=1S/C14H16N6O2/c1-19-12(15)10(7-17-19)13(21)18-9-2-3-11-8(6-9)4-5-20(11)14(16)22/h2-3,6-7H,4-5,15H2,1H3,(H2,16,22)(H,18,21). The molecule has 0 spiro atoms. The molecule has 0 saturated carbocycles. The van der Waals surface area contributed by atoms with Crippen LogP contribution in [0, 0.1) is 0 Å². The minimum atomic E-state index is -0.473. The van der Waals surface area contributed by atoms with Crippen LogP contribution in [0.4, 0.5) is 22.0 Å². The molecule has 114 valence electrons. The maximum Gasteiger partial charge on any atom is 0.319 e. The van der Waals surface area contributed by atoms with Crippen molar-refractivity contribution in [2.45, 2.75) is 6.42 Å². The van der Waals surface area contributed by atoms with Gasteiger partial charge in [-0.25, -0.2) is 4.79 Å². The second-order valence-corrected chi connectivity index (χ2v) is 5.10. The number of amides is 3. The minimum absolute atomic E-state index is 0.304. The van der Waals surface area contributed by atoms with Crippen LogP contribution in [0.5, 0.6) is 0 Å². The van der Waals surface area contributed by atoms with E-state index < -0.39 is 6.03 Å². The first kappa shape index (κ1) is 13.9. The summed E-state index contributed by atoms with van der Waals surface area (Å²) in [5.41, 5.74) is 13.8. The highest BCUT2D eigenvalue weighted by molar-refractivity contribution is 6.07. The molecule has 0 saturated heterocycles. The fraction of sp³-hybridized carbons (Fsp3) is 0.214. The smallest absolute Gasteiger partial charge is 0.319 e. The van der Waals surface area contributed by atoms with Gasteiger partial charge in [-0.15, -0.1) is 0 Å². The summed E-state index contributed by atoms with van der Waals surface area (Å²) < 4.78 is 1.43. The van der Waals surface area contributed by atoms with Crippen molar-refractivity contribution in [2.75, 3.05) is 22.5 Å². The van der Waals surface area contributed by atoms with Gasteiger partial charge in [0.15, 0.2) is 0 Å². The topological polar surface area (TPSA) is 119 Å². The molecule has 2 heterocycles. The molecule has 8 heteroatoms. The zero-order valence-electron chi connectivity index (χ0n) is 12.0. The molecular weight excluding hydrogens is 284 g/mol. The van der Waals surface area contributed by atoms with E-state index in [0.717, 1.165) is 11.3 Å². The van der Waals surface area contributed by atoms with Gasteiger partial charge in [-0.1, -0.05) is 0 Å². The van der Waals surface area contributed by atoms with E-state index >= 15 is 0 Å². The van der Waals surface area contributed by atoms with Crippen molar-refractivity contribution in [3.8, 4) is 0 Å². The Kier molecular flexibility index (Phi) is 3.21. The number of hydrogen-bond acceptors (Lipinski definition) is 4. The van der Waals surface area contributed by atoms with Gasteiger partial charge in [0.05, 0.1) is 6.20 Å². The van der Waals surface area contributed by atoms with E-state index in [0.29, 0.717) is 30.0 Å². The molecule has 1 aromatic heterocycles. The summed E-state index contributed by atoms with van der Waals surface area (Å²) in [6.07, 6.45) is 2.13. The van der Waals surface area contributed by atoms with Crippen molar-refractivity contribution >= 4 is 29.1 Å². The second-order valence-electron chi connectivity index (χ2n) is 5.10. The third-order valence-electron chi connectivity index (χ3n) is 3.73. The fourth-order valence-corrected chi connectivity index (χ4v) is 2.53. The van der Waals surface area contributed by atoms with Gasteiger partial charge in [0.25, 0.3) is 5.91 Å². The molecule has 1 aliphatic heterocycles. The van der Waals surface area contributed by atoms with Crippen molar-refractivity contribution in [3.05, 3.63) is 35.5 Å². The van der Waals surface area contributed by atoms with Gasteiger partial charge < -0.3 is 16.8 Å². The molecule has 8 nitrogen and oxygen atoms in total. The fourth-order valence-electron chi connectivity index (χ4n) is 2.53. The van der Waals surface area contributed by atoms with Gasteiger partial charge in [-0.3, -0.25) is 14.4 Å². The number of aromatic nitrogens is 2. The van der Waals surface area contributed by atoms with Crippen LogP contribution in [0.3, 0.4) is 0 Å². The number of carbonyl (C=O) groups excluding carboxylic acids is 2. The Morgan fingerprint density at radius 1 is 1.36 bits per heavy atom. The van der Waals surface area contributed by atoms with E-state index in [2.05, 4.69) is 10.4 Å². The van der Waals surface area contributed by atoms with Crippen molar-refractivity contribution in [1.82, 2.24) is 9.78 Å². The molecule has 1 aromatic carbocycles. The molecule has 1 aliphatic rings. The molecule has 5 N–H and O–H groups in total. The summed E-state index contributed by atoms with van der Waals surface area (Å²) in [4.78, 5) is 25.0. The number of nitrogens with one attached hydrogen (secondary N) is 1. The lowest BCUT2D eigenvalue weighted by Gasteiger charge is -2.14. The third-order valence-corrected chi connectivity index (χ3v) is 3.73. The van der Waals surface area contributed by atoms with Gasteiger partial charge in [0.1, 0.15) is 11.4 Å². The van der Waals surface area contributed by atoms with Crippen LogP contribution < -0.4 is 21.7 Å². The number of rotatable bonds is 2. The zero-order valence-corrected chi connectivity index (χ0v) is 12.0. The maximum atomic E-state index is 12.2. The predicted octanol–water partition coefficient (Wildman–Crippen LogP) is 0.696. The molecule has 0 bridgehead atoms. The van der Waals surface area contributed by atoms with Crippen LogP contribution >= 0.6 is 0 Å². The summed E-state index contributed by atoms with van der Waals surface area (Å²) in [5, 5.41) is 6.72. The molecule has 3 rings (SSSR count). The quantitative estimate of drug-likeness (QED) is 0.756. The molecule has 0 radical (unpaired) electrons. The third kappa shape index (κ3) is 2.24. The van der Waals surface area contributed by atoms with E-state index in [1.807, 2.05) is 6.07 Å². The van der Waals surface area contributed by atoms with Crippen molar-refractivity contribution in [1.29, 1.82) is 0 Å². The average Bonchev–Trinajstić information content (AvgIpc) is 3.03. The van der Waals surface area contributed by atoms with E-state index in [9.17, 15) is 9.59 Å². The molecule has 3 amide bonds. The number of hydrogen-bond donors (Lipinski definition) is 3. The molecule has 22 heavy (non-hydrogen) atoms. The van der Waals surface area contributed by atoms with E-state index in [4.69, 9.17) is 11.5 Å². The number of nitrogens with zero attached hydrogens (tertiary/aromatic N) is 3. The van der Waals surface area contributed by atoms with Crippen molar-refractivity contribution in [2.24, 2.45) is 12.8 Å². The first-order valence-corrected chi connectivity index (χ1v) is 6.76. The molecule has 2 aromatic rings. The largest absolute Gasteiger partial charge is 0.383 e. The second kappa shape index (κ2) is 5.06. The number of urea groups is 1. The number of primary amides is 1. The normalized spacial score (nSPS) is 13.0. The van der Waals surface area contributed by atoms with Crippen LogP contribution in [0.15, 0.2) is 24.4 Å². The number of benzene rings is 1.